The number of rotatable bonds is 6. The molecule has 10 heteroatoms. The topological polar surface area (TPSA) is 92.5 Å². The van der Waals surface area contributed by atoms with Crippen molar-refractivity contribution in [2.45, 2.75) is 30.3 Å². The highest BCUT2D eigenvalue weighted by atomic mass is 32.2. The highest BCUT2D eigenvalue weighted by Gasteiger charge is 2.33. The van der Waals surface area contributed by atoms with Gasteiger partial charge in [-0.25, -0.2) is 8.42 Å². The number of benzene rings is 1. The average Bonchev–Trinajstić information content (AvgIpc) is 2.59. The van der Waals surface area contributed by atoms with Crippen LogP contribution >= 0.6 is 0 Å². The third-order valence-electron chi connectivity index (χ3n) is 4.16. The Kier molecular flexibility index (Phi) is 6.64. The maximum absolute atomic E-state index is 12.7. The number of sulfonamides is 1. The fraction of sp³-hybridized carbons (Fsp3) is 0.562. The van der Waals surface area contributed by atoms with Gasteiger partial charge in [-0.2, -0.15) is 17.5 Å². The van der Waals surface area contributed by atoms with Crippen molar-refractivity contribution >= 4 is 15.9 Å². The lowest BCUT2D eigenvalue weighted by Gasteiger charge is -2.31. The van der Waals surface area contributed by atoms with Crippen molar-refractivity contribution in [2.75, 3.05) is 26.2 Å². The van der Waals surface area contributed by atoms with Gasteiger partial charge in [-0.3, -0.25) is 4.79 Å². The molecule has 1 fully saturated rings. The van der Waals surface area contributed by atoms with Crippen LogP contribution in [0.3, 0.4) is 0 Å². The van der Waals surface area contributed by atoms with Gasteiger partial charge >= 0.3 is 6.18 Å². The number of carbonyl (C=O) groups is 1. The van der Waals surface area contributed by atoms with Gasteiger partial charge in [-0.1, -0.05) is 12.1 Å². The Morgan fingerprint density at radius 1 is 1.27 bits per heavy atom. The Morgan fingerprint density at radius 2 is 1.92 bits per heavy atom. The zero-order chi connectivity index (χ0) is 19.4. The second kappa shape index (κ2) is 8.36. The number of carbonyl (C=O) groups excluding carboxylic acids is 1. The number of piperidine rings is 1. The fourth-order valence-electron chi connectivity index (χ4n) is 2.87. The van der Waals surface area contributed by atoms with Crippen molar-refractivity contribution < 1.29 is 26.4 Å². The van der Waals surface area contributed by atoms with Crippen molar-refractivity contribution in [2.24, 2.45) is 11.7 Å². The number of nitrogens with zero attached hydrogens (tertiary/aromatic N) is 1. The minimum atomic E-state index is -4.35. The quantitative estimate of drug-likeness (QED) is 0.761. The number of halogens is 3. The molecular formula is C16H22F3N3O3S. The van der Waals surface area contributed by atoms with E-state index in [4.69, 9.17) is 5.73 Å². The van der Waals surface area contributed by atoms with Crippen molar-refractivity contribution in [1.29, 1.82) is 0 Å². The Morgan fingerprint density at radius 3 is 2.50 bits per heavy atom. The summed E-state index contributed by atoms with van der Waals surface area (Å²) in [5, 5.41) is 2.65. The van der Waals surface area contributed by atoms with E-state index in [0.29, 0.717) is 25.9 Å². The predicted molar refractivity (Wildman–Crippen MR) is 89.7 cm³/mol. The SMILES string of the molecule is NCCNC(=O)C1CCCN(S(=O)(=O)c2ccc(CC(F)(F)F)cc2)C1. The molecule has 0 aliphatic carbocycles. The van der Waals surface area contributed by atoms with Crippen LogP contribution in [0, 0.1) is 5.92 Å². The molecule has 0 aromatic heterocycles. The summed E-state index contributed by atoms with van der Waals surface area (Å²) < 4.78 is 63.9. The zero-order valence-electron chi connectivity index (χ0n) is 14.1. The molecule has 1 aromatic rings. The minimum absolute atomic E-state index is 0.00543. The largest absolute Gasteiger partial charge is 0.393 e. The van der Waals surface area contributed by atoms with E-state index in [1.807, 2.05) is 0 Å². The predicted octanol–water partition coefficient (Wildman–Crippen LogP) is 1.27. The van der Waals surface area contributed by atoms with Gasteiger partial charge in [-0.15, -0.1) is 0 Å². The van der Waals surface area contributed by atoms with Gasteiger partial charge in [-0.05, 0) is 30.5 Å². The lowest BCUT2D eigenvalue weighted by molar-refractivity contribution is -0.127. The summed E-state index contributed by atoms with van der Waals surface area (Å²) in [6, 6.07) is 4.68. The van der Waals surface area contributed by atoms with Crippen LogP contribution in [0.1, 0.15) is 18.4 Å². The first-order valence-corrected chi connectivity index (χ1v) is 9.71. The molecule has 1 heterocycles. The third-order valence-corrected chi connectivity index (χ3v) is 6.04. The molecular weight excluding hydrogens is 371 g/mol. The van der Waals surface area contributed by atoms with Crippen molar-refractivity contribution in [3.05, 3.63) is 29.8 Å². The number of amides is 1. The molecule has 0 spiro atoms. The maximum atomic E-state index is 12.7. The Bertz CT molecular complexity index is 720. The standard InChI is InChI=1S/C16H22F3N3O3S/c17-16(18,19)10-12-3-5-14(6-4-12)26(24,25)22-9-1-2-13(11-22)15(23)21-8-7-20/h3-6,13H,1-2,7-11,20H2,(H,21,23). The van der Waals surface area contributed by atoms with Gasteiger partial charge in [0.2, 0.25) is 15.9 Å². The number of hydrogen-bond acceptors (Lipinski definition) is 4. The molecule has 2 rings (SSSR count). The molecule has 26 heavy (non-hydrogen) atoms. The van der Waals surface area contributed by atoms with Crippen LogP contribution in [0.2, 0.25) is 0 Å². The molecule has 146 valence electrons. The van der Waals surface area contributed by atoms with Gasteiger partial charge in [0.1, 0.15) is 0 Å². The number of hydrogen-bond donors (Lipinski definition) is 2. The first-order chi connectivity index (χ1) is 12.1. The summed E-state index contributed by atoms with van der Waals surface area (Å²) >= 11 is 0. The summed E-state index contributed by atoms with van der Waals surface area (Å²) in [7, 11) is -3.86. The molecule has 1 aliphatic heterocycles. The molecule has 0 bridgehead atoms. The van der Waals surface area contributed by atoms with Gasteiger partial charge in [0.15, 0.2) is 0 Å². The molecule has 0 radical (unpaired) electrons. The lowest BCUT2D eigenvalue weighted by atomic mass is 9.99. The van der Waals surface area contributed by atoms with Crippen LogP contribution in [0.5, 0.6) is 0 Å². The lowest BCUT2D eigenvalue weighted by Crippen LogP contribution is -2.46. The van der Waals surface area contributed by atoms with Crippen LogP contribution in [-0.4, -0.2) is 51.0 Å². The highest BCUT2D eigenvalue weighted by molar-refractivity contribution is 7.89. The molecule has 1 atom stereocenters. The first-order valence-electron chi connectivity index (χ1n) is 8.27. The first kappa shape index (κ1) is 20.7. The van der Waals surface area contributed by atoms with E-state index in [0.717, 1.165) is 12.1 Å². The van der Waals surface area contributed by atoms with E-state index in [9.17, 15) is 26.4 Å². The monoisotopic (exact) mass is 393 g/mol. The molecule has 0 saturated carbocycles. The summed E-state index contributed by atoms with van der Waals surface area (Å²) in [5.74, 6) is -0.703. The van der Waals surface area contributed by atoms with E-state index in [1.54, 1.807) is 0 Å². The Hall–Kier alpha value is -1.65. The normalized spacial score (nSPS) is 19.3. The molecule has 1 unspecified atom stereocenters. The summed E-state index contributed by atoms with van der Waals surface area (Å²) in [6.07, 6.45) is -4.35. The summed E-state index contributed by atoms with van der Waals surface area (Å²) in [5.41, 5.74) is 5.33. The van der Waals surface area contributed by atoms with E-state index in [-0.39, 0.29) is 29.5 Å². The second-order valence-electron chi connectivity index (χ2n) is 6.22. The smallest absolute Gasteiger partial charge is 0.355 e. The van der Waals surface area contributed by atoms with Gasteiger partial charge in [0.25, 0.3) is 0 Å². The van der Waals surface area contributed by atoms with Crippen molar-refractivity contribution in [3.8, 4) is 0 Å². The number of nitrogens with two attached hydrogens (primary N) is 1. The van der Waals surface area contributed by atoms with E-state index in [1.165, 1.54) is 16.4 Å². The second-order valence-corrected chi connectivity index (χ2v) is 8.16. The molecule has 3 N–H and O–H groups in total. The van der Waals surface area contributed by atoms with E-state index in [2.05, 4.69) is 5.32 Å². The number of alkyl halides is 3. The van der Waals surface area contributed by atoms with E-state index >= 15 is 0 Å². The Labute approximate surface area is 150 Å². The number of nitrogens with one attached hydrogen (secondary N) is 1. The van der Waals surface area contributed by atoms with Crippen LogP contribution in [-0.2, 0) is 21.2 Å². The van der Waals surface area contributed by atoms with Crippen LogP contribution in [0.25, 0.3) is 0 Å². The third kappa shape index (κ3) is 5.42. The summed E-state index contributed by atoms with van der Waals surface area (Å²) in [6.45, 7) is 0.934. The van der Waals surface area contributed by atoms with Crippen LogP contribution in [0.4, 0.5) is 13.2 Å². The molecule has 1 aromatic carbocycles. The molecule has 1 amide bonds. The average molecular weight is 393 g/mol. The Balaban J connectivity index is 2.10. The van der Waals surface area contributed by atoms with Crippen LogP contribution < -0.4 is 11.1 Å². The fourth-order valence-corrected chi connectivity index (χ4v) is 4.40. The molecule has 6 nitrogen and oxygen atoms in total. The minimum Gasteiger partial charge on any atom is -0.355 e. The maximum Gasteiger partial charge on any atom is 0.393 e. The molecule has 1 saturated heterocycles. The van der Waals surface area contributed by atoms with Gasteiger partial charge < -0.3 is 11.1 Å². The molecule has 1 aliphatic rings. The summed E-state index contributed by atoms with van der Waals surface area (Å²) in [4.78, 5) is 12.0. The van der Waals surface area contributed by atoms with Crippen molar-refractivity contribution in [3.63, 3.8) is 0 Å². The van der Waals surface area contributed by atoms with Gasteiger partial charge in [0, 0.05) is 26.2 Å². The van der Waals surface area contributed by atoms with Crippen molar-refractivity contribution in [1.82, 2.24) is 9.62 Å². The zero-order valence-corrected chi connectivity index (χ0v) is 14.9. The van der Waals surface area contributed by atoms with E-state index < -0.39 is 28.5 Å². The van der Waals surface area contributed by atoms with Gasteiger partial charge in [0.05, 0.1) is 17.2 Å². The van der Waals surface area contributed by atoms with Crippen LogP contribution in [0.15, 0.2) is 29.2 Å². The highest BCUT2D eigenvalue weighted by Crippen LogP contribution is 2.26.